The van der Waals surface area contributed by atoms with Gasteiger partial charge in [-0.3, -0.25) is 0 Å². The van der Waals surface area contributed by atoms with Crippen LogP contribution >= 0.6 is 11.6 Å². The Hall–Kier alpha value is -2.04. The van der Waals surface area contributed by atoms with Crippen LogP contribution in [-0.2, 0) is 4.74 Å². The fourth-order valence-corrected chi connectivity index (χ4v) is 4.88. The third-order valence-corrected chi connectivity index (χ3v) is 6.39. The number of halogens is 1. The minimum atomic E-state index is -0.955. The number of carboxylic acid groups (broad SMARTS) is 1. The maximum atomic E-state index is 11.4. The van der Waals surface area contributed by atoms with Gasteiger partial charge in [0, 0.05) is 22.4 Å². The smallest absolute Gasteiger partial charge is 0.335 e. The van der Waals surface area contributed by atoms with Crippen molar-refractivity contribution < 1.29 is 19.4 Å². The fraction of sp³-hybridized carbons (Fsp3) is 0.435. The molecule has 0 spiro atoms. The molecular weight excluding hydrogens is 376 g/mol. The number of ether oxygens (including phenoxy) is 2. The van der Waals surface area contributed by atoms with Gasteiger partial charge in [-0.25, -0.2) is 4.79 Å². The normalized spacial score (nSPS) is 28.0. The van der Waals surface area contributed by atoms with Crippen molar-refractivity contribution in [3.63, 3.8) is 0 Å². The number of benzene rings is 2. The molecule has 2 aliphatic heterocycles. The third kappa shape index (κ3) is 3.29. The van der Waals surface area contributed by atoms with Crippen molar-refractivity contribution in [1.29, 1.82) is 0 Å². The summed E-state index contributed by atoms with van der Waals surface area (Å²) in [4.78, 5) is 11.4. The summed E-state index contributed by atoms with van der Waals surface area (Å²) in [6.07, 6.45) is 1.78. The quantitative estimate of drug-likeness (QED) is 0.702. The molecule has 1 saturated heterocycles. The first-order valence-electron chi connectivity index (χ1n) is 9.77. The average Bonchev–Trinajstić information content (AvgIpc) is 2.66. The van der Waals surface area contributed by atoms with E-state index in [-0.39, 0.29) is 29.6 Å². The van der Waals surface area contributed by atoms with Crippen LogP contribution in [0.5, 0.6) is 5.75 Å². The number of aromatic carboxylic acids is 1. The molecule has 0 aromatic heterocycles. The van der Waals surface area contributed by atoms with Crippen molar-refractivity contribution in [2.24, 2.45) is 5.92 Å². The van der Waals surface area contributed by atoms with Gasteiger partial charge in [-0.15, -0.1) is 0 Å². The molecule has 0 amide bonds. The lowest BCUT2D eigenvalue weighted by Crippen LogP contribution is -2.50. The maximum absolute atomic E-state index is 11.4. The van der Waals surface area contributed by atoms with E-state index in [1.54, 1.807) is 12.1 Å². The Balaban J connectivity index is 1.73. The summed E-state index contributed by atoms with van der Waals surface area (Å²) in [6.45, 7) is 6.26. The molecule has 1 fully saturated rings. The van der Waals surface area contributed by atoms with E-state index in [2.05, 4.69) is 26.8 Å². The van der Waals surface area contributed by atoms with Crippen molar-refractivity contribution in [2.45, 2.75) is 57.3 Å². The number of hydrogen-bond donors (Lipinski definition) is 1. The van der Waals surface area contributed by atoms with Crippen molar-refractivity contribution in [2.75, 3.05) is 0 Å². The molecule has 2 heterocycles. The van der Waals surface area contributed by atoms with E-state index in [9.17, 15) is 9.90 Å². The number of rotatable bonds is 3. The molecule has 4 nitrogen and oxygen atoms in total. The Morgan fingerprint density at radius 2 is 2.04 bits per heavy atom. The Labute approximate surface area is 170 Å². The standard InChI is InChI=1S/C23H25ClO4/c1-4-19-17(13-6-5-7-15(24)10-13)12-18-21(27-19)16-9-8-14(22(25)26)11-20(16)28-23(18,2)3/h5-11,17-19,21H,4,12H2,1-3H3,(H,25,26)/t17-,18+,19+,21-/m1/s1. The molecule has 0 bridgehead atoms. The Bertz CT molecular complexity index is 907. The highest BCUT2D eigenvalue weighted by molar-refractivity contribution is 6.30. The SMILES string of the molecule is CC[C@@H]1O[C@@H]2c3ccc(C(=O)O)cc3OC(C)(C)[C@H]2C[C@@H]1c1cccc(Cl)c1. The lowest BCUT2D eigenvalue weighted by atomic mass is 9.70. The molecule has 2 aliphatic rings. The molecule has 5 heteroatoms. The predicted molar refractivity (Wildman–Crippen MR) is 108 cm³/mol. The van der Waals surface area contributed by atoms with Gasteiger partial charge >= 0.3 is 5.97 Å². The second-order valence-electron chi connectivity index (χ2n) is 8.27. The highest BCUT2D eigenvalue weighted by Crippen LogP contribution is 2.54. The number of carboxylic acids is 1. The van der Waals surface area contributed by atoms with Gasteiger partial charge < -0.3 is 14.6 Å². The Morgan fingerprint density at radius 3 is 2.71 bits per heavy atom. The topological polar surface area (TPSA) is 55.8 Å². The van der Waals surface area contributed by atoms with Gasteiger partial charge in [-0.2, -0.15) is 0 Å². The van der Waals surface area contributed by atoms with E-state index in [0.717, 1.165) is 23.4 Å². The van der Waals surface area contributed by atoms with E-state index < -0.39 is 11.6 Å². The van der Waals surface area contributed by atoms with Gasteiger partial charge in [0.1, 0.15) is 11.4 Å². The van der Waals surface area contributed by atoms with E-state index in [0.29, 0.717) is 5.75 Å². The van der Waals surface area contributed by atoms with Crippen LogP contribution in [0.4, 0.5) is 0 Å². The van der Waals surface area contributed by atoms with Crippen molar-refractivity contribution in [3.8, 4) is 5.75 Å². The second-order valence-corrected chi connectivity index (χ2v) is 8.71. The van der Waals surface area contributed by atoms with E-state index in [4.69, 9.17) is 21.1 Å². The summed E-state index contributed by atoms with van der Waals surface area (Å²) in [7, 11) is 0. The van der Waals surface area contributed by atoms with Crippen LogP contribution < -0.4 is 4.74 Å². The summed E-state index contributed by atoms with van der Waals surface area (Å²) in [5.41, 5.74) is 1.90. The van der Waals surface area contributed by atoms with E-state index in [1.165, 1.54) is 5.56 Å². The lowest BCUT2D eigenvalue weighted by molar-refractivity contribution is -0.159. The Morgan fingerprint density at radius 1 is 1.25 bits per heavy atom. The first-order valence-corrected chi connectivity index (χ1v) is 10.1. The minimum absolute atomic E-state index is 0.0700. The highest BCUT2D eigenvalue weighted by Gasteiger charge is 2.50. The van der Waals surface area contributed by atoms with Crippen LogP contribution in [0, 0.1) is 5.92 Å². The monoisotopic (exact) mass is 400 g/mol. The Kier molecular flexibility index (Phi) is 4.88. The van der Waals surface area contributed by atoms with E-state index >= 15 is 0 Å². The van der Waals surface area contributed by atoms with Crippen LogP contribution in [0.3, 0.4) is 0 Å². The van der Waals surface area contributed by atoms with Gasteiger partial charge in [0.25, 0.3) is 0 Å². The van der Waals surface area contributed by atoms with Crippen LogP contribution in [-0.4, -0.2) is 22.8 Å². The van der Waals surface area contributed by atoms with Crippen LogP contribution in [0.25, 0.3) is 0 Å². The zero-order valence-electron chi connectivity index (χ0n) is 16.3. The van der Waals surface area contributed by atoms with Crippen LogP contribution in [0.15, 0.2) is 42.5 Å². The first kappa shape index (κ1) is 19.3. The number of hydrogen-bond acceptors (Lipinski definition) is 3. The van der Waals surface area contributed by atoms with Crippen LogP contribution in [0.1, 0.15) is 67.1 Å². The molecule has 4 atom stereocenters. The minimum Gasteiger partial charge on any atom is -0.487 e. The maximum Gasteiger partial charge on any atom is 0.335 e. The molecule has 148 valence electrons. The molecule has 1 N–H and O–H groups in total. The average molecular weight is 401 g/mol. The zero-order chi connectivity index (χ0) is 20.1. The van der Waals surface area contributed by atoms with E-state index in [1.807, 2.05) is 24.3 Å². The summed E-state index contributed by atoms with van der Waals surface area (Å²) in [6, 6.07) is 13.1. The molecular formula is C23H25ClO4. The molecule has 28 heavy (non-hydrogen) atoms. The molecule has 0 radical (unpaired) electrons. The summed E-state index contributed by atoms with van der Waals surface area (Å²) < 4.78 is 12.9. The first-order chi connectivity index (χ1) is 13.3. The fourth-order valence-electron chi connectivity index (χ4n) is 4.68. The number of fused-ring (bicyclic) bond motifs is 3. The van der Waals surface area contributed by atoms with Crippen LogP contribution in [0.2, 0.25) is 5.02 Å². The van der Waals surface area contributed by atoms with Gasteiger partial charge in [0.05, 0.1) is 17.8 Å². The number of carbonyl (C=O) groups is 1. The van der Waals surface area contributed by atoms with Gasteiger partial charge in [-0.05, 0) is 56.5 Å². The van der Waals surface area contributed by atoms with Gasteiger partial charge in [-0.1, -0.05) is 36.7 Å². The predicted octanol–water partition coefficient (Wildman–Crippen LogP) is 5.85. The largest absolute Gasteiger partial charge is 0.487 e. The molecule has 0 unspecified atom stereocenters. The molecule has 0 aliphatic carbocycles. The molecule has 2 aromatic rings. The highest BCUT2D eigenvalue weighted by atomic mass is 35.5. The van der Waals surface area contributed by atoms with Crippen molar-refractivity contribution >= 4 is 17.6 Å². The zero-order valence-corrected chi connectivity index (χ0v) is 17.1. The molecule has 2 aromatic carbocycles. The van der Waals surface area contributed by atoms with Gasteiger partial charge in [0.15, 0.2) is 0 Å². The lowest BCUT2D eigenvalue weighted by Gasteiger charge is -2.51. The van der Waals surface area contributed by atoms with Crippen molar-refractivity contribution in [1.82, 2.24) is 0 Å². The van der Waals surface area contributed by atoms with Gasteiger partial charge in [0.2, 0.25) is 0 Å². The summed E-state index contributed by atoms with van der Waals surface area (Å²) in [5, 5.41) is 10.1. The second kappa shape index (κ2) is 7.09. The third-order valence-electron chi connectivity index (χ3n) is 6.16. The van der Waals surface area contributed by atoms with Crippen molar-refractivity contribution in [3.05, 3.63) is 64.2 Å². The molecule has 4 rings (SSSR count). The summed E-state index contributed by atoms with van der Waals surface area (Å²) >= 11 is 6.24. The summed E-state index contributed by atoms with van der Waals surface area (Å²) in [5.74, 6) is 0.0562. The molecule has 0 saturated carbocycles.